The highest BCUT2D eigenvalue weighted by molar-refractivity contribution is 7.92. The van der Waals surface area contributed by atoms with Gasteiger partial charge in [0.2, 0.25) is 0 Å². The maximum Gasteiger partial charge on any atom is 0.343 e. The highest BCUT2D eigenvalue weighted by Gasteiger charge is 2.14. The summed E-state index contributed by atoms with van der Waals surface area (Å²) in [7, 11) is -3.75. The number of amides is 1. The zero-order valence-corrected chi connectivity index (χ0v) is 21.7. The van der Waals surface area contributed by atoms with E-state index < -0.39 is 21.9 Å². The minimum atomic E-state index is -3.75. The van der Waals surface area contributed by atoms with Crippen LogP contribution in [0.5, 0.6) is 5.75 Å². The lowest BCUT2D eigenvalue weighted by Gasteiger charge is -2.09. The van der Waals surface area contributed by atoms with Gasteiger partial charge in [-0.3, -0.25) is 9.52 Å². The fraction of sp³-hybridized carbons (Fsp3) is 0.0357. The summed E-state index contributed by atoms with van der Waals surface area (Å²) in [6, 6.07) is 25.4. The molecule has 4 aromatic carbocycles. The minimum absolute atomic E-state index is 0.142. The Labute approximate surface area is 225 Å². The van der Waals surface area contributed by atoms with E-state index in [0.29, 0.717) is 27.6 Å². The molecule has 0 heterocycles. The Morgan fingerprint density at radius 1 is 0.868 bits per heavy atom. The highest BCUT2D eigenvalue weighted by Crippen LogP contribution is 2.18. The summed E-state index contributed by atoms with van der Waals surface area (Å²) >= 11 is 5.84. The predicted octanol–water partition coefficient (Wildman–Crippen LogP) is 5.43. The largest absolute Gasteiger partial charge is 0.423 e. The monoisotopic (exact) mass is 547 g/mol. The third kappa shape index (κ3) is 7.06. The number of rotatable bonds is 8. The summed E-state index contributed by atoms with van der Waals surface area (Å²) in [6.07, 6.45) is 1.40. The Balaban J connectivity index is 1.33. The van der Waals surface area contributed by atoms with E-state index in [1.165, 1.54) is 42.6 Å². The Kier molecular flexibility index (Phi) is 8.20. The van der Waals surface area contributed by atoms with Gasteiger partial charge in [0.25, 0.3) is 15.9 Å². The molecule has 8 nitrogen and oxygen atoms in total. The van der Waals surface area contributed by atoms with Crippen molar-refractivity contribution in [1.29, 1.82) is 0 Å². The molecule has 10 heteroatoms. The molecule has 2 N–H and O–H groups in total. The van der Waals surface area contributed by atoms with Gasteiger partial charge in [0.15, 0.2) is 0 Å². The van der Waals surface area contributed by atoms with Crippen LogP contribution in [0.3, 0.4) is 0 Å². The first-order valence-electron chi connectivity index (χ1n) is 11.3. The lowest BCUT2D eigenvalue weighted by atomic mass is 10.2. The first-order chi connectivity index (χ1) is 18.2. The lowest BCUT2D eigenvalue weighted by Crippen LogP contribution is -2.18. The van der Waals surface area contributed by atoms with Crippen LogP contribution in [0, 0.1) is 6.92 Å². The van der Waals surface area contributed by atoms with Crippen LogP contribution in [0.15, 0.2) is 107 Å². The molecule has 4 aromatic rings. The van der Waals surface area contributed by atoms with Crippen molar-refractivity contribution in [3.8, 4) is 5.75 Å². The van der Waals surface area contributed by atoms with Crippen molar-refractivity contribution in [2.75, 3.05) is 4.72 Å². The maximum atomic E-state index is 12.5. The van der Waals surface area contributed by atoms with Crippen molar-refractivity contribution in [2.24, 2.45) is 5.10 Å². The van der Waals surface area contributed by atoms with Crippen LogP contribution in [-0.2, 0) is 10.0 Å². The van der Waals surface area contributed by atoms with Gasteiger partial charge in [-0.05, 0) is 85.3 Å². The predicted molar refractivity (Wildman–Crippen MR) is 146 cm³/mol. The molecule has 0 unspecified atom stereocenters. The summed E-state index contributed by atoms with van der Waals surface area (Å²) in [4.78, 5) is 24.9. The van der Waals surface area contributed by atoms with Crippen LogP contribution < -0.4 is 14.9 Å². The number of ether oxygens (including phenoxy) is 1. The molecule has 0 spiro atoms. The van der Waals surface area contributed by atoms with Gasteiger partial charge in [-0.2, -0.15) is 5.10 Å². The standard InChI is InChI=1S/C28H22ClN3O5S/c1-19-5-15-26(16-6-19)38(35,36)32-24-13-9-21(10-14-24)27(33)31-30-18-20-3-2-4-25(17-20)37-28(34)22-7-11-23(29)12-8-22/h2-18,32H,1H3,(H,31,33)/b30-18+. The highest BCUT2D eigenvalue weighted by atomic mass is 35.5. The number of hydrazone groups is 1. The molecule has 0 aromatic heterocycles. The number of aryl methyl sites for hydroxylation is 1. The smallest absolute Gasteiger partial charge is 0.343 e. The molecule has 0 aliphatic heterocycles. The molecule has 0 fully saturated rings. The first kappa shape index (κ1) is 26.6. The van der Waals surface area contributed by atoms with Crippen LogP contribution in [0.25, 0.3) is 0 Å². The van der Waals surface area contributed by atoms with Gasteiger partial charge < -0.3 is 4.74 Å². The number of anilines is 1. The van der Waals surface area contributed by atoms with Crippen molar-refractivity contribution in [2.45, 2.75) is 11.8 Å². The van der Waals surface area contributed by atoms with E-state index in [4.69, 9.17) is 16.3 Å². The maximum absolute atomic E-state index is 12.5. The lowest BCUT2D eigenvalue weighted by molar-refractivity contribution is 0.0734. The fourth-order valence-corrected chi connectivity index (χ4v) is 4.45. The molecule has 0 radical (unpaired) electrons. The van der Waals surface area contributed by atoms with Crippen LogP contribution in [0.2, 0.25) is 5.02 Å². The third-order valence-electron chi connectivity index (χ3n) is 5.26. The molecule has 4 rings (SSSR count). The summed E-state index contributed by atoms with van der Waals surface area (Å²) in [5.41, 5.74) is 4.91. The zero-order valence-electron chi connectivity index (χ0n) is 20.1. The molecular formula is C28H22ClN3O5S. The SMILES string of the molecule is Cc1ccc(S(=O)(=O)Nc2ccc(C(=O)N/N=C/c3cccc(OC(=O)c4ccc(Cl)cc4)c3)cc2)cc1. The third-order valence-corrected chi connectivity index (χ3v) is 6.91. The van der Waals surface area contributed by atoms with Crippen LogP contribution in [-0.4, -0.2) is 26.5 Å². The van der Waals surface area contributed by atoms with Crippen molar-refractivity contribution >= 4 is 45.4 Å². The number of halogens is 1. The number of sulfonamides is 1. The number of carbonyl (C=O) groups excluding carboxylic acids is 2. The van der Waals surface area contributed by atoms with Gasteiger partial charge >= 0.3 is 5.97 Å². The second kappa shape index (κ2) is 11.7. The molecule has 0 saturated heterocycles. The number of nitrogens with zero attached hydrogens (tertiary/aromatic N) is 1. The molecule has 0 saturated carbocycles. The molecule has 38 heavy (non-hydrogen) atoms. The average molecular weight is 548 g/mol. The van der Waals surface area contributed by atoms with Gasteiger partial charge in [0.05, 0.1) is 16.7 Å². The van der Waals surface area contributed by atoms with E-state index in [9.17, 15) is 18.0 Å². The summed E-state index contributed by atoms with van der Waals surface area (Å²) in [5.74, 6) is -0.711. The van der Waals surface area contributed by atoms with Gasteiger partial charge in [0, 0.05) is 16.3 Å². The van der Waals surface area contributed by atoms with E-state index in [-0.39, 0.29) is 10.5 Å². The number of hydrogen-bond donors (Lipinski definition) is 2. The Morgan fingerprint density at radius 3 is 2.21 bits per heavy atom. The normalized spacial score (nSPS) is 11.2. The average Bonchev–Trinajstić information content (AvgIpc) is 2.89. The fourth-order valence-electron chi connectivity index (χ4n) is 3.26. The van der Waals surface area contributed by atoms with Gasteiger partial charge in [-0.15, -0.1) is 0 Å². The number of esters is 1. The van der Waals surface area contributed by atoms with Crippen molar-refractivity contribution in [3.63, 3.8) is 0 Å². The summed E-state index contributed by atoms with van der Waals surface area (Å²) in [6.45, 7) is 1.87. The zero-order chi connectivity index (χ0) is 27.1. The van der Waals surface area contributed by atoms with Crippen LogP contribution in [0.1, 0.15) is 31.8 Å². The van der Waals surface area contributed by atoms with Crippen LogP contribution >= 0.6 is 11.6 Å². The topological polar surface area (TPSA) is 114 Å². The molecule has 0 atom stereocenters. The van der Waals surface area contributed by atoms with Gasteiger partial charge in [-0.25, -0.2) is 18.6 Å². The summed E-state index contributed by atoms with van der Waals surface area (Å²) in [5, 5.41) is 4.46. The number of benzene rings is 4. The summed E-state index contributed by atoms with van der Waals surface area (Å²) < 4.78 is 32.9. The Morgan fingerprint density at radius 2 is 1.53 bits per heavy atom. The van der Waals surface area contributed by atoms with Crippen molar-refractivity contribution in [3.05, 3.63) is 124 Å². The van der Waals surface area contributed by atoms with Crippen molar-refractivity contribution < 1.29 is 22.7 Å². The second-order valence-corrected chi connectivity index (χ2v) is 10.3. The molecular weight excluding hydrogens is 526 g/mol. The molecule has 192 valence electrons. The molecule has 0 aliphatic rings. The van der Waals surface area contributed by atoms with Crippen LogP contribution in [0.4, 0.5) is 5.69 Å². The number of nitrogens with one attached hydrogen (secondary N) is 2. The van der Waals surface area contributed by atoms with Crippen molar-refractivity contribution in [1.82, 2.24) is 5.43 Å². The quantitative estimate of drug-likeness (QED) is 0.132. The van der Waals surface area contributed by atoms with E-state index in [2.05, 4.69) is 15.2 Å². The Bertz CT molecular complexity index is 1590. The first-order valence-corrected chi connectivity index (χ1v) is 13.2. The van der Waals surface area contributed by atoms with Gasteiger partial charge in [-0.1, -0.05) is 41.4 Å². The number of carbonyl (C=O) groups is 2. The van der Waals surface area contributed by atoms with E-state index >= 15 is 0 Å². The minimum Gasteiger partial charge on any atom is -0.423 e. The van der Waals surface area contributed by atoms with Gasteiger partial charge in [0.1, 0.15) is 5.75 Å². The Hall–Kier alpha value is -4.47. The number of hydrogen-bond acceptors (Lipinski definition) is 6. The second-order valence-electron chi connectivity index (χ2n) is 8.16. The molecule has 0 aliphatic carbocycles. The van der Waals surface area contributed by atoms with E-state index in [0.717, 1.165) is 5.56 Å². The molecule has 1 amide bonds. The van der Waals surface area contributed by atoms with E-state index in [1.54, 1.807) is 60.7 Å². The van der Waals surface area contributed by atoms with E-state index in [1.807, 2.05) is 6.92 Å². The molecule has 0 bridgehead atoms.